The van der Waals surface area contributed by atoms with Gasteiger partial charge in [-0.3, -0.25) is 0 Å². The second kappa shape index (κ2) is 2.65. The first-order chi connectivity index (χ1) is 6.05. The lowest BCUT2D eigenvalue weighted by molar-refractivity contribution is -0.156. The van der Waals surface area contributed by atoms with Crippen molar-refractivity contribution in [2.75, 3.05) is 0 Å². The summed E-state index contributed by atoms with van der Waals surface area (Å²) in [6.45, 7) is 0. The number of alkyl halides is 1. The van der Waals surface area contributed by atoms with Crippen LogP contribution in [0.25, 0.3) is 0 Å². The zero-order valence-corrected chi connectivity index (χ0v) is 7.16. The molecule has 0 saturated carbocycles. The monoisotopic (exact) mass is 188 g/mol. The Morgan fingerprint density at radius 1 is 1.62 bits per heavy atom. The van der Waals surface area contributed by atoms with Crippen molar-refractivity contribution in [3.8, 4) is 0 Å². The van der Waals surface area contributed by atoms with Crippen LogP contribution in [0.2, 0.25) is 0 Å². The van der Waals surface area contributed by atoms with Gasteiger partial charge < -0.3 is 16.2 Å². The summed E-state index contributed by atoms with van der Waals surface area (Å²) in [6, 6.07) is -1.26. The summed E-state index contributed by atoms with van der Waals surface area (Å²) < 4.78 is 14.0. The minimum absolute atomic E-state index is 0.211. The lowest BCUT2D eigenvalue weighted by atomic mass is 9.84. The molecule has 0 aromatic heterocycles. The van der Waals surface area contributed by atoms with E-state index in [9.17, 15) is 9.18 Å². The van der Waals surface area contributed by atoms with Gasteiger partial charge >= 0.3 is 5.97 Å². The van der Waals surface area contributed by atoms with E-state index in [4.69, 9.17) is 10.8 Å². The summed E-state index contributed by atoms with van der Waals surface area (Å²) in [5.74, 6) is -1.43. The maximum Gasteiger partial charge on any atom is 0.344 e. The summed E-state index contributed by atoms with van der Waals surface area (Å²) in [5.41, 5.74) is 3.27. The Morgan fingerprint density at radius 3 is 2.92 bits per heavy atom. The lowest BCUT2D eigenvalue weighted by Gasteiger charge is -2.37. The smallest absolute Gasteiger partial charge is 0.344 e. The molecular weight excluding hydrogens is 175 g/mol. The average molecular weight is 188 g/mol. The number of nitrogens with two attached hydrogens (primary N) is 1. The van der Waals surface area contributed by atoms with Crippen molar-refractivity contribution in [3.63, 3.8) is 0 Å². The number of rotatable bonds is 1. The molecular formula is C8H13FN2O2. The minimum Gasteiger partial charge on any atom is -0.479 e. The summed E-state index contributed by atoms with van der Waals surface area (Å²) in [5, 5.41) is 11.7. The van der Waals surface area contributed by atoms with Crippen LogP contribution in [0.5, 0.6) is 0 Å². The van der Waals surface area contributed by atoms with Gasteiger partial charge in [0.25, 0.3) is 0 Å². The maximum atomic E-state index is 14.0. The average Bonchev–Trinajstić information content (AvgIpc) is 2.46. The van der Waals surface area contributed by atoms with Crippen molar-refractivity contribution >= 4 is 5.97 Å². The molecule has 2 bridgehead atoms. The van der Waals surface area contributed by atoms with Crippen LogP contribution in [0.3, 0.4) is 0 Å². The van der Waals surface area contributed by atoms with E-state index in [-0.39, 0.29) is 6.04 Å². The first-order valence-electron chi connectivity index (χ1n) is 4.49. The number of aliphatic carboxylic acids is 1. The van der Waals surface area contributed by atoms with E-state index in [1.807, 2.05) is 0 Å². The van der Waals surface area contributed by atoms with Gasteiger partial charge in [0.05, 0.1) is 12.1 Å². The largest absolute Gasteiger partial charge is 0.479 e. The van der Waals surface area contributed by atoms with E-state index < -0.39 is 23.7 Å². The van der Waals surface area contributed by atoms with Crippen LogP contribution in [0, 0.1) is 0 Å². The van der Waals surface area contributed by atoms with Crippen molar-refractivity contribution in [2.24, 2.45) is 5.73 Å². The van der Waals surface area contributed by atoms with E-state index in [0.29, 0.717) is 12.8 Å². The quantitative estimate of drug-likeness (QED) is 0.525. The number of fused-ring (bicyclic) bond motifs is 2. The molecule has 5 heteroatoms. The molecule has 2 rings (SSSR count). The molecule has 0 aromatic rings. The van der Waals surface area contributed by atoms with Crippen molar-refractivity contribution < 1.29 is 14.3 Å². The molecule has 74 valence electrons. The Morgan fingerprint density at radius 2 is 2.31 bits per heavy atom. The molecule has 2 aliphatic heterocycles. The first-order valence-corrected chi connectivity index (χ1v) is 4.49. The van der Waals surface area contributed by atoms with Crippen LogP contribution in [0.15, 0.2) is 0 Å². The molecule has 4 N–H and O–H groups in total. The van der Waals surface area contributed by atoms with Crippen LogP contribution in [-0.2, 0) is 4.79 Å². The highest BCUT2D eigenvalue weighted by atomic mass is 19.1. The molecule has 0 aliphatic carbocycles. The van der Waals surface area contributed by atoms with E-state index in [2.05, 4.69) is 5.32 Å². The van der Waals surface area contributed by atoms with Gasteiger partial charge in [-0.15, -0.1) is 0 Å². The summed E-state index contributed by atoms with van der Waals surface area (Å²) >= 11 is 0. The van der Waals surface area contributed by atoms with Crippen molar-refractivity contribution in [1.29, 1.82) is 0 Å². The molecule has 0 radical (unpaired) electrons. The molecule has 2 aliphatic rings. The molecule has 4 nitrogen and oxygen atoms in total. The fourth-order valence-corrected chi connectivity index (χ4v) is 2.38. The van der Waals surface area contributed by atoms with Crippen LogP contribution < -0.4 is 11.1 Å². The number of halogens is 1. The number of hydrogen-bond acceptors (Lipinski definition) is 3. The van der Waals surface area contributed by atoms with E-state index in [0.717, 1.165) is 6.42 Å². The number of carboxylic acids is 1. The maximum absolute atomic E-state index is 14.0. The molecule has 4 unspecified atom stereocenters. The van der Waals surface area contributed by atoms with Crippen LogP contribution >= 0.6 is 0 Å². The van der Waals surface area contributed by atoms with Gasteiger partial charge in [0.2, 0.25) is 5.67 Å². The third-order valence-corrected chi connectivity index (χ3v) is 3.15. The van der Waals surface area contributed by atoms with Crippen molar-refractivity contribution in [2.45, 2.75) is 43.1 Å². The van der Waals surface area contributed by atoms with Gasteiger partial charge in [0, 0.05) is 6.04 Å². The Balaban J connectivity index is 2.29. The Labute approximate surface area is 75.3 Å². The van der Waals surface area contributed by atoms with Crippen LogP contribution in [-0.4, -0.2) is 34.9 Å². The lowest BCUT2D eigenvalue weighted by Crippen LogP contribution is -2.66. The number of carboxylic acid groups (broad SMARTS) is 1. The van der Waals surface area contributed by atoms with E-state index in [1.54, 1.807) is 0 Å². The zero-order chi connectivity index (χ0) is 9.64. The Bertz CT molecular complexity index is 248. The molecule has 2 saturated heterocycles. The van der Waals surface area contributed by atoms with Gasteiger partial charge in [-0.2, -0.15) is 0 Å². The highest BCUT2D eigenvalue weighted by Gasteiger charge is 2.57. The zero-order valence-electron chi connectivity index (χ0n) is 7.16. The SMILES string of the molecule is NC1CC2CCC(N2)C1(F)C(=O)O. The fourth-order valence-electron chi connectivity index (χ4n) is 2.38. The van der Waals surface area contributed by atoms with Crippen molar-refractivity contribution in [3.05, 3.63) is 0 Å². The molecule has 0 aromatic carbocycles. The Hall–Kier alpha value is -0.680. The van der Waals surface area contributed by atoms with Gasteiger partial charge in [-0.1, -0.05) is 0 Å². The van der Waals surface area contributed by atoms with E-state index >= 15 is 0 Å². The highest BCUT2D eigenvalue weighted by Crippen LogP contribution is 2.36. The number of nitrogens with one attached hydrogen (secondary N) is 1. The molecule has 0 spiro atoms. The number of hydrogen-bond donors (Lipinski definition) is 3. The van der Waals surface area contributed by atoms with Gasteiger partial charge in [-0.25, -0.2) is 9.18 Å². The molecule has 13 heavy (non-hydrogen) atoms. The molecule has 0 amide bonds. The van der Waals surface area contributed by atoms with Crippen molar-refractivity contribution in [1.82, 2.24) is 5.32 Å². The molecule has 2 fully saturated rings. The topological polar surface area (TPSA) is 75.3 Å². The second-order valence-electron chi connectivity index (χ2n) is 3.91. The minimum atomic E-state index is -2.27. The predicted molar refractivity (Wildman–Crippen MR) is 44.0 cm³/mol. The number of piperidine rings is 1. The first kappa shape index (κ1) is 8.90. The fraction of sp³-hybridized carbons (Fsp3) is 0.875. The summed E-state index contributed by atoms with van der Waals surface area (Å²) in [4.78, 5) is 10.8. The molecule has 2 heterocycles. The second-order valence-corrected chi connectivity index (χ2v) is 3.91. The summed E-state index contributed by atoms with van der Waals surface area (Å²) in [6.07, 6.45) is 1.82. The van der Waals surface area contributed by atoms with Crippen LogP contribution in [0.4, 0.5) is 4.39 Å². The highest BCUT2D eigenvalue weighted by molar-refractivity contribution is 5.80. The van der Waals surface area contributed by atoms with Gasteiger partial charge in [0.15, 0.2) is 0 Å². The Kier molecular flexibility index (Phi) is 1.82. The van der Waals surface area contributed by atoms with Crippen LogP contribution in [0.1, 0.15) is 19.3 Å². The van der Waals surface area contributed by atoms with Gasteiger partial charge in [0.1, 0.15) is 0 Å². The van der Waals surface area contributed by atoms with Gasteiger partial charge in [-0.05, 0) is 19.3 Å². The third-order valence-electron chi connectivity index (χ3n) is 3.15. The predicted octanol–water partition coefficient (Wildman–Crippen LogP) is -0.369. The van der Waals surface area contributed by atoms with E-state index in [1.165, 1.54) is 0 Å². The number of carbonyl (C=O) groups is 1. The normalized spacial score (nSPS) is 49.2. The summed E-state index contributed by atoms with van der Waals surface area (Å²) in [7, 11) is 0. The molecule has 4 atom stereocenters. The third kappa shape index (κ3) is 1.07. The standard InChI is InChI=1S/C8H13FN2O2/c9-8(7(12)13)5(10)3-4-1-2-6(8)11-4/h4-6,11H,1-3,10H2,(H,12,13).